The molecule has 2 heterocycles. The van der Waals surface area contributed by atoms with Crippen LogP contribution in [0, 0.1) is 0 Å². The fourth-order valence-electron chi connectivity index (χ4n) is 4.42. The minimum Gasteiger partial charge on any atom is -0.497 e. The second-order valence-electron chi connectivity index (χ2n) is 7.73. The lowest BCUT2D eigenvalue weighted by Crippen LogP contribution is -2.42. The fraction of sp³-hybridized carbons (Fsp3) is 0.348. The van der Waals surface area contributed by atoms with Crippen LogP contribution < -0.4 is 4.74 Å². The number of nitrogens with zero attached hydrogens (tertiary/aromatic N) is 2. The minimum absolute atomic E-state index is 0.0694. The lowest BCUT2D eigenvalue weighted by Gasteiger charge is -2.40. The Hall–Kier alpha value is -2.20. The van der Waals surface area contributed by atoms with E-state index in [2.05, 4.69) is 48.5 Å². The molecule has 2 aliphatic heterocycles. The number of allylic oxidation sites excluding steroid dienone is 4. The van der Waals surface area contributed by atoms with E-state index in [0.29, 0.717) is 0 Å². The third-order valence-corrected chi connectivity index (χ3v) is 7.29. The number of rotatable bonds is 3. The van der Waals surface area contributed by atoms with Crippen molar-refractivity contribution in [3.8, 4) is 5.75 Å². The molecule has 0 radical (unpaired) electrons. The zero-order valence-electron chi connectivity index (χ0n) is 15.9. The second kappa shape index (κ2) is 6.45. The molecule has 0 amide bonds. The highest BCUT2D eigenvalue weighted by Gasteiger charge is 2.44. The largest absolute Gasteiger partial charge is 0.497 e. The summed E-state index contributed by atoms with van der Waals surface area (Å²) in [5, 5.41) is 7.11. The Morgan fingerprint density at radius 1 is 1.26 bits per heavy atom. The molecule has 1 atom stereocenters. The van der Waals surface area contributed by atoms with Gasteiger partial charge in [-0.05, 0) is 49.5 Å². The number of fused-ring (bicyclic) bond motifs is 3. The van der Waals surface area contributed by atoms with Crippen LogP contribution in [0.1, 0.15) is 31.7 Å². The Kier molecular flexibility index (Phi) is 4.05. The van der Waals surface area contributed by atoms with E-state index in [-0.39, 0.29) is 5.54 Å². The quantitative estimate of drug-likeness (QED) is 0.722. The van der Waals surface area contributed by atoms with Crippen LogP contribution >= 0.6 is 11.8 Å². The zero-order chi connectivity index (χ0) is 18.4. The van der Waals surface area contributed by atoms with Crippen LogP contribution in [-0.4, -0.2) is 29.6 Å². The maximum Gasteiger partial charge on any atom is 0.118 e. The summed E-state index contributed by atoms with van der Waals surface area (Å²) in [5.74, 6) is 2.04. The maximum atomic E-state index is 5.28. The number of thioether (sulfide) groups is 1. The third kappa shape index (κ3) is 2.69. The first kappa shape index (κ1) is 16.9. The van der Waals surface area contributed by atoms with Gasteiger partial charge in [0.2, 0.25) is 0 Å². The Labute approximate surface area is 165 Å². The molecule has 0 fully saturated rings. The molecular formula is C23H24N2OS. The summed E-state index contributed by atoms with van der Waals surface area (Å²) in [6.07, 6.45) is 12.6. The molecule has 1 unspecified atom stereocenters. The van der Waals surface area contributed by atoms with Crippen molar-refractivity contribution in [2.45, 2.75) is 38.3 Å². The van der Waals surface area contributed by atoms with Crippen molar-refractivity contribution in [3.05, 3.63) is 75.3 Å². The molecule has 0 bridgehead atoms. The van der Waals surface area contributed by atoms with Gasteiger partial charge >= 0.3 is 0 Å². The first-order valence-corrected chi connectivity index (χ1v) is 10.6. The first-order chi connectivity index (χ1) is 13.2. The molecule has 0 aromatic heterocycles. The third-order valence-electron chi connectivity index (χ3n) is 6.12. The highest BCUT2D eigenvalue weighted by Crippen LogP contribution is 2.50. The number of hydrogen-bond donors (Lipinski definition) is 0. The van der Waals surface area contributed by atoms with E-state index in [1.807, 2.05) is 23.9 Å². The molecule has 0 spiro atoms. The molecular weight excluding hydrogens is 352 g/mol. The van der Waals surface area contributed by atoms with Gasteiger partial charge < -0.3 is 4.74 Å². The molecule has 3 nitrogen and oxygen atoms in total. The van der Waals surface area contributed by atoms with Crippen molar-refractivity contribution in [3.63, 3.8) is 0 Å². The predicted octanol–water partition coefficient (Wildman–Crippen LogP) is 5.23. The smallest absolute Gasteiger partial charge is 0.118 e. The van der Waals surface area contributed by atoms with Gasteiger partial charge in [0, 0.05) is 21.8 Å². The molecule has 5 rings (SSSR count). The molecule has 27 heavy (non-hydrogen) atoms. The molecule has 1 aromatic carbocycles. The van der Waals surface area contributed by atoms with E-state index < -0.39 is 0 Å². The summed E-state index contributed by atoms with van der Waals surface area (Å²) in [7, 11) is 1.70. The standard InChI is InChI=1S/C23H24N2OS/c1-23-12-11-21-22(19-6-4-3-5-17(19)15-27-21)20(23)13-24-25(23)14-16-7-9-18(26-2)10-8-16/h4,6-11,13H,3,5,12,14-15H2,1-2H3. The highest BCUT2D eigenvalue weighted by molar-refractivity contribution is 8.03. The highest BCUT2D eigenvalue weighted by atomic mass is 32.2. The molecule has 4 heteroatoms. The van der Waals surface area contributed by atoms with Gasteiger partial charge in [-0.1, -0.05) is 35.9 Å². The maximum absolute atomic E-state index is 5.28. The van der Waals surface area contributed by atoms with Crippen molar-refractivity contribution in [1.29, 1.82) is 0 Å². The van der Waals surface area contributed by atoms with E-state index in [1.54, 1.807) is 12.7 Å². The van der Waals surface area contributed by atoms with Gasteiger partial charge in [0.25, 0.3) is 0 Å². The van der Waals surface area contributed by atoms with Gasteiger partial charge in [0.15, 0.2) is 0 Å². The van der Waals surface area contributed by atoms with Crippen molar-refractivity contribution >= 4 is 18.0 Å². The monoisotopic (exact) mass is 376 g/mol. The number of benzene rings is 1. The van der Waals surface area contributed by atoms with Crippen LogP contribution in [0.25, 0.3) is 0 Å². The van der Waals surface area contributed by atoms with Crippen LogP contribution in [-0.2, 0) is 6.54 Å². The Morgan fingerprint density at radius 2 is 2.11 bits per heavy atom. The Morgan fingerprint density at radius 3 is 2.93 bits per heavy atom. The predicted molar refractivity (Wildman–Crippen MR) is 113 cm³/mol. The topological polar surface area (TPSA) is 24.8 Å². The molecule has 2 aliphatic carbocycles. The Bertz CT molecular complexity index is 936. The van der Waals surface area contributed by atoms with Gasteiger partial charge in [0.05, 0.1) is 25.4 Å². The minimum atomic E-state index is -0.0694. The van der Waals surface area contributed by atoms with Crippen molar-refractivity contribution in [2.24, 2.45) is 5.10 Å². The summed E-state index contributed by atoms with van der Waals surface area (Å²) in [5.41, 5.74) is 7.08. The average molecular weight is 377 g/mol. The first-order valence-electron chi connectivity index (χ1n) is 9.60. The summed E-state index contributed by atoms with van der Waals surface area (Å²) in [6.45, 7) is 3.15. The normalized spacial score (nSPS) is 26.0. The summed E-state index contributed by atoms with van der Waals surface area (Å²) in [4.78, 5) is 1.45. The van der Waals surface area contributed by atoms with Crippen molar-refractivity contribution < 1.29 is 4.74 Å². The Balaban J connectivity index is 1.50. The SMILES string of the molecule is COc1ccc(CN2N=CC3=C4C(=CCC32C)SCC2=C4C=CCC2)cc1. The molecule has 138 valence electrons. The van der Waals surface area contributed by atoms with E-state index in [0.717, 1.165) is 24.5 Å². The van der Waals surface area contributed by atoms with Gasteiger partial charge in [-0.25, -0.2) is 0 Å². The lowest BCUT2D eigenvalue weighted by atomic mass is 9.77. The van der Waals surface area contributed by atoms with Crippen molar-refractivity contribution in [2.75, 3.05) is 12.9 Å². The lowest BCUT2D eigenvalue weighted by molar-refractivity contribution is 0.153. The fourth-order valence-corrected chi connectivity index (χ4v) is 5.62. The average Bonchev–Trinajstić information content (AvgIpc) is 3.04. The number of ether oxygens (including phenoxy) is 1. The second-order valence-corrected chi connectivity index (χ2v) is 8.75. The van der Waals surface area contributed by atoms with Crippen LogP contribution in [0.2, 0.25) is 0 Å². The zero-order valence-corrected chi connectivity index (χ0v) is 16.7. The molecule has 0 saturated heterocycles. The van der Waals surface area contributed by atoms with Gasteiger partial charge in [-0.15, -0.1) is 11.8 Å². The molecule has 0 saturated carbocycles. The van der Waals surface area contributed by atoms with Crippen LogP contribution in [0.3, 0.4) is 0 Å². The number of hydrazone groups is 1. The van der Waals surface area contributed by atoms with Crippen LogP contribution in [0.4, 0.5) is 0 Å². The molecule has 1 aromatic rings. The summed E-state index contributed by atoms with van der Waals surface area (Å²) < 4.78 is 5.28. The van der Waals surface area contributed by atoms with Crippen LogP contribution in [0.5, 0.6) is 5.75 Å². The van der Waals surface area contributed by atoms with E-state index in [9.17, 15) is 0 Å². The van der Waals surface area contributed by atoms with Gasteiger partial charge in [-0.2, -0.15) is 5.10 Å². The summed E-state index contributed by atoms with van der Waals surface area (Å²) >= 11 is 2.01. The van der Waals surface area contributed by atoms with Crippen molar-refractivity contribution in [1.82, 2.24) is 5.01 Å². The van der Waals surface area contributed by atoms with Gasteiger partial charge in [-0.3, -0.25) is 5.01 Å². The van der Waals surface area contributed by atoms with E-state index in [1.165, 1.54) is 40.0 Å². The molecule has 4 aliphatic rings. The summed E-state index contributed by atoms with van der Waals surface area (Å²) in [6, 6.07) is 8.32. The van der Waals surface area contributed by atoms with E-state index >= 15 is 0 Å². The van der Waals surface area contributed by atoms with Crippen LogP contribution in [0.15, 0.2) is 74.8 Å². The number of hydrogen-bond acceptors (Lipinski definition) is 4. The van der Waals surface area contributed by atoms with Gasteiger partial charge in [0.1, 0.15) is 5.75 Å². The number of methoxy groups -OCH3 is 1. The molecule has 0 N–H and O–H groups in total. The van der Waals surface area contributed by atoms with E-state index in [4.69, 9.17) is 9.84 Å².